The van der Waals surface area contributed by atoms with E-state index in [9.17, 15) is 9.18 Å². The fourth-order valence-corrected chi connectivity index (χ4v) is 1.21. The quantitative estimate of drug-likeness (QED) is 0.796. The summed E-state index contributed by atoms with van der Waals surface area (Å²) in [6, 6.07) is 4.27. The van der Waals surface area contributed by atoms with Gasteiger partial charge in [-0.25, -0.2) is 9.18 Å². The summed E-state index contributed by atoms with van der Waals surface area (Å²) in [7, 11) is 1.27. The first-order valence-corrected chi connectivity index (χ1v) is 5.03. The van der Waals surface area contributed by atoms with E-state index in [4.69, 9.17) is 4.74 Å². The van der Waals surface area contributed by atoms with Crippen LogP contribution < -0.4 is 4.74 Å². The van der Waals surface area contributed by atoms with Crippen molar-refractivity contribution in [2.24, 2.45) is 0 Å². The van der Waals surface area contributed by atoms with Gasteiger partial charge in [-0.05, 0) is 35.0 Å². The zero-order chi connectivity index (χ0) is 11.4. The van der Waals surface area contributed by atoms with Crippen molar-refractivity contribution in [1.82, 2.24) is 0 Å². The van der Waals surface area contributed by atoms with Crippen molar-refractivity contribution in [3.8, 4) is 5.75 Å². The number of halogens is 2. The highest BCUT2D eigenvalue weighted by molar-refractivity contribution is 9.10. The van der Waals surface area contributed by atoms with E-state index in [1.165, 1.54) is 26.2 Å². The van der Waals surface area contributed by atoms with Gasteiger partial charge in [0.15, 0.2) is 6.10 Å². The van der Waals surface area contributed by atoms with Crippen LogP contribution in [0.1, 0.15) is 6.92 Å². The Labute approximate surface area is 95.3 Å². The van der Waals surface area contributed by atoms with E-state index in [2.05, 4.69) is 20.7 Å². The number of benzene rings is 1. The summed E-state index contributed by atoms with van der Waals surface area (Å²) >= 11 is 3.02. The lowest BCUT2D eigenvalue weighted by Gasteiger charge is -2.12. The van der Waals surface area contributed by atoms with E-state index in [1.54, 1.807) is 6.07 Å². The molecule has 3 nitrogen and oxygen atoms in total. The molecule has 0 fully saturated rings. The van der Waals surface area contributed by atoms with E-state index in [0.29, 0.717) is 4.47 Å². The zero-order valence-corrected chi connectivity index (χ0v) is 9.88. The molecule has 0 aliphatic heterocycles. The van der Waals surface area contributed by atoms with E-state index in [1.807, 2.05) is 0 Å². The second kappa shape index (κ2) is 5.11. The van der Waals surface area contributed by atoms with Gasteiger partial charge in [-0.3, -0.25) is 0 Å². The summed E-state index contributed by atoms with van der Waals surface area (Å²) < 4.78 is 23.1. The first kappa shape index (κ1) is 12.0. The summed E-state index contributed by atoms with van der Waals surface area (Å²) in [4.78, 5) is 11.0. The highest BCUT2D eigenvalue weighted by Crippen LogP contribution is 2.21. The largest absolute Gasteiger partial charge is 0.479 e. The molecule has 1 rings (SSSR count). The average molecular weight is 277 g/mol. The van der Waals surface area contributed by atoms with Gasteiger partial charge in [-0.2, -0.15) is 0 Å². The minimum atomic E-state index is -0.754. The zero-order valence-electron chi connectivity index (χ0n) is 8.29. The van der Waals surface area contributed by atoms with Crippen molar-refractivity contribution in [3.05, 3.63) is 28.5 Å². The molecule has 0 aliphatic carbocycles. The number of rotatable bonds is 3. The van der Waals surface area contributed by atoms with Gasteiger partial charge in [0.1, 0.15) is 11.6 Å². The molecule has 1 atom stereocenters. The molecule has 82 valence electrons. The minimum absolute atomic E-state index is 0.286. The Bertz CT molecular complexity index is 368. The highest BCUT2D eigenvalue weighted by atomic mass is 79.9. The molecule has 0 saturated carbocycles. The predicted octanol–water partition coefficient (Wildman–Crippen LogP) is 2.53. The van der Waals surface area contributed by atoms with Gasteiger partial charge in [0.25, 0.3) is 0 Å². The van der Waals surface area contributed by atoms with Crippen LogP contribution in [0.2, 0.25) is 0 Å². The van der Waals surface area contributed by atoms with Crippen LogP contribution >= 0.6 is 15.9 Å². The number of methoxy groups -OCH3 is 1. The molecule has 5 heteroatoms. The molecule has 0 aromatic heterocycles. The summed E-state index contributed by atoms with van der Waals surface area (Å²) in [6.45, 7) is 1.53. The third-order valence-corrected chi connectivity index (χ3v) is 2.38. The maximum atomic E-state index is 13.1. The lowest BCUT2D eigenvalue weighted by atomic mass is 10.3. The lowest BCUT2D eigenvalue weighted by molar-refractivity contribution is -0.147. The van der Waals surface area contributed by atoms with Gasteiger partial charge in [-0.15, -0.1) is 0 Å². The van der Waals surface area contributed by atoms with Gasteiger partial charge in [0.05, 0.1) is 11.6 Å². The Hall–Kier alpha value is -1.10. The van der Waals surface area contributed by atoms with Crippen molar-refractivity contribution in [2.45, 2.75) is 13.0 Å². The van der Waals surface area contributed by atoms with Crippen LogP contribution in [-0.2, 0) is 9.53 Å². The maximum absolute atomic E-state index is 13.1. The summed E-state index contributed by atoms with van der Waals surface area (Å²) in [6.07, 6.45) is -0.754. The second-order valence-corrected chi connectivity index (χ2v) is 3.71. The number of ether oxygens (including phenoxy) is 2. The molecule has 0 heterocycles. The molecular weight excluding hydrogens is 267 g/mol. The Morgan fingerprint density at radius 1 is 1.53 bits per heavy atom. The Morgan fingerprint density at radius 3 is 2.73 bits per heavy atom. The molecule has 0 radical (unpaired) electrons. The number of hydrogen-bond acceptors (Lipinski definition) is 3. The number of hydrogen-bond donors (Lipinski definition) is 0. The van der Waals surface area contributed by atoms with E-state index in [-0.39, 0.29) is 5.75 Å². The molecule has 0 amide bonds. The lowest BCUT2D eigenvalue weighted by Crippen LogP contribution is -2.24. The van der Waals surface area contributed by atoms with Crippen LogP contribution in [0.15, 0.2) is 22.7 Å². The Balaban J connectivity index is 2.73. The number of carbonyl (C=O) groups is 1. The third-order valence-electron chi connectivity index (χ3n) is 1.74. The van der Waals surface area contributed by atoms with Crippen molar-refractivity contribution >= 4 is 21.9 Å². The van der Waals surface area contributed by atoms with Crippen LogP contribution in [0.4, 0.5) is 4.39 Å². The summed E-state index contributed by atoms with van der Waals surface area (Å²) in [5.41, 5.74) is 0. The van der Waals surface area contributed by atoms with Crippen LogP contribution in [0, 0.1) is 5.82 Å². The van der Waals surface area contributed by atoms with Gasteiger partial charge < -0.3 is 9.47 Å². The van der Waals surface area contributed by atoms with Crippen molar-refractivity contribution in [2.75, 3.05) is 7.11 Å². The Morgan fingerprint density at radius 2 is 2.20 bits per heavy atom. The van der Waals surface area contributed by atoms with E-state index < -0.39 is 17.9 Å². The first-order valence-electron chi connectivity index (χ1n) is 4.24. The highest BCUT2D eigenvalue weighted by Gasteiger charge is 2.15. The van der Waals surface area contributed by atoms with E-state index in [0.717, 1.165) is 0 Å². The van der Waals surface area contributed by atoms with Gasteiger partial charge in [0.2, 0.25) is 0 Å². The van der Waals surface area contributed by atoms with Crippen LogP contribution in [0.3, 0.4) is 0 Å². The van der Waals surface area contributed by atoms with Crippen LogP contribution in [0.25, 0.3) is 0 Å². The molecule has 0 unspecified atom stereocenters. The van der Waals surface area contributed by atoms with Crippen molar-refractivity contribution < 1.29 is 18.7 Å². The molecule has 0 aliphatic rings. The third kappa shape index (κ3) is 3.20. The minimum Gasteiger partial charge on any atom is -0.479 e. The average Bonchev–Trinajstić information content (AvgIpc) is 2.22. The predicted molar refractivity (Wildman–Crippen MR) is 56.2 cm³/mol. The molecule has 0 spiro atoms. The van der Waals surface area contributed by atoms with Crippen molar-refractivity contribution in [1.29, 1.82) is 0 Å². The molecule has 0 bridgehead atoms. The smallest absolute Gasteiger partial charge is 0.346 e. The van der Waals surface area contributed by atoms with Crippen LogP contribution in [-0.4, -0.2) is 19.2 Å². The fourth-order valence-electron chi connectivity index (χ4n) is 0.968. The second-order valence-electron chi connectivity index (χ2n) is 2.86. The number of esters is 1. The first-order chi connectivity index (χ1) is 7.04. The molecule has 0 N–H and O–H groups in total. The monoisotopic (exact) mass is 276 g/mol. The Kier molecular flexibility index (Phi) is 4.08. The SMILES string of the molecule is COC(=O)[C@H](C)Oc1ccc(Br)c(F)c1. The molecule has 0 saturated heterocycles. The van der Waals surface area contributed by atoms with Gasteiger partial charge >= 0.3 is 5.97 Å². The molecular formula is C10H10BrFO3. The molecule has 1 aromatic carbocycles. The summed E-state index contributed by atoms with van der Waals surface area (Å²) in [5.74, 6) is -0.656. The van der Waals surface area contributed by atoms with Crippen molar-refractivity contribution in [3.63, 3.8) is 0 Å². The molecule has 1 aromatic rings. The standard InChI is InChI=1S/C10H10BrFO3/c1-6(10(13)14-2)15-7-3-4-8(11)9(12)5-7/h3-6H,1-2H3/t6-/m0/s1. The van der Waals surface area contributed by atoms with Gasteiger partial charge in [-0.1, -0.05) is 0 Å². The van der Waals surface area contributed by atoms with E-state index >= 15 is 0 Å². The fraction of sp³-hybridized carbons (Fsp3) is 0.300. The summed E-state index contributed by atoms with van der Waals surface area (Å²) in [5, 5.41) is 0. The molecule has 15 heavy (non-hydrogen) atoms. The van der Waals surface area contributed by atoms with Gasteiger partial charge in [0, 0.05) is 6.07 Å². The maximum Gasteiger partial charge on any atom is 0.346 e. The number of carbonyl (C=O) groups excluding carboxylic acids is 1. The topological polar surface area (TPSA) is 35.5 Å². The normalized spacial score (nSPS) is 12.0. The van der Waals surface area contributed by atoms with Crippen LogP contribution in [0.5, 0.6) is 5.75 Å².